The molecule has 0 aliphatic heterocycles. The van der Waals surface area contributed by atoms with E-state index in [9.17, 15) is 9.18 Å². The van der Waals surface area contributed by atoms with E-state index >= 15 is 0 Å². The zero-order valence-corrected chi connectivity index (χ0v) is 8.43. The highest BCUT2D eigenvalue weighted by Crippen LogP contribution is 2.15. The summed E-state index contributed by atoms with van der Waals surface area (Å²) in [5.41, 5.74) is 5.85. The standard InChI is InChI=1S/C11H10FN3O/c12-9-3-1-4-10(13)8(9)7-15-6-2-5-14-11(15)16/h1-6H,7,13H2. The molecule has 1 aromatic carbocycles. The summed E-state index contributed by atoms with van der Waals surface area (Å²) < 4.78 is 14.8. The number of nitrogen functional groups attached to an aromatic ring is 1. The number of benzene rings is 1. The Labute approximate surface area is 91.2 Å². The Bertz CT molecular complexity index is 545. The van der Waals surface area contributed by atoms with Crippen molar-refractivity contribution >= 4 is 5.69 Å². The monoisotopic (exact) mass is 219 g/mol. The molecule has 5 heteroatoms. The summed E-state index contributed by atoms with van der Waals surface area (Å²) >= 11 is 0. The molecule has 1 heterocycles. The van der Waals surface area contributed by atoms with E-state index in [2.05, 4.69) is 4.98 Å². The number of nitrogens with two attached hydrogens (primary N) is 1. The first-order valence-electron chi connectivity index (χ1n) is 4.73. The molecule has 0 aliphatic rings. The molecule has 0 saturated carbocycles. The van der Waals surface area contributed by atoms with E-state index in [-0.39, 0.29) is 6.54 Å². The van der Waals surface area contributed by atoms with Crippen LogP contribution in [0.15, 0.2) is 41.5 Å². The first kappa shape index (κ1) is 10.4. The van der Waals surface area contributed by atoms with Gasteiger partial charge in [0, 0.05) is 23.6 Å². The fourth-order valence-corrected chi connectivity index (χ4v) is 1.42. The van der Waals surface area contributed by atoms with Gasteiger partial charge in [-0.3, -0.25) is 4.57 Å². The van der Waals surface area contributed by atoms with Gasteiger partial charge in [0.25, 0.3) is 0 Å². The van der Waals surface area contributed by atoms with Gasteiger partial charge in [0.05, 0.1) is 6.54 Å². The van der Waals surface area contributed by atoms with Crippen molar-refractivity contribution in [3.63, 3.8) is 0 Å². The Morgan fingerprint density at radius 1 is 1.38 bits per heavy atom. The predicted octanol–water partition coefficient (Wildman–Crippen LogP) is 1.01. The lowest BCUT2D eigenvalue weighted by Gasteiger charge is -2.08. The van der Waals surface area contributed by atoms with Crippen molar-refractivity contribution in [1.82, 2.24) is 9.55 Å². The van der Waals surface area contributed by atoms with Gasteiger partial charge in [-0.25, -0.2) is 14.2 Å². The van der Waals surface area contributed by atoms with Crippen molar-refractivity contribution in [2.45, 2.75) is 6.54 Å². The van der Waals surface area contributed by atoms with E-state index in [4.69, 9.17) is 5.73 Å². The van der Waals surface area contributed by atoms with Crippen LogP contribution in [0.1, 0.15) is 5.56 Å². The Kier molecular flexibility index (Phi) is 2.68. The highest BCUT2D eigenvalue weighted by Gasteiger charge is 2.07. The number of hydrogen-bond acceptors (Lipinski definition) is 3. The minimum absolute atomic E-state index is 0.0885. The molecule has 82 valence electrons. The minimum Gasteiger partial charge on any atom is -0.398 e. The largest absolute Gasteiger partial charge is 0.398 e. The molecule has 0 unspecified atom stereocenters. The Balaban J connectivity index is 2.42. The maximum absolute atomic E-state index is 13.5. The maximum atomic E-state index is 13.5. The molecule has 0 spiro atoms. The molecule has 2 N–H and O–H groups in total. The van der Waals surface area contributed by atoms with Gasteiger partial charge in [0.1, 0.15) is 5.82 Å². The quantitative estimate of drug-likeness (QED) is 0.767. The lowest BCUT2D eigenvalue weighted by atomic mass is 10.1. The van der Waals surface area contributed by atoms with Crippen molar-refractivity contribution in [3.8, 4) is 0 Å². The van der Waals surface area contributed by atoms with E-state index in [1.54, 1.807) is 18.3 Å². The summed E-state index contributed by atoms with van der Waals surface area (Å²) in [6, 6.07) is 6.05. The molecule has 1 aromatic heterocycles. The van der Waals surface area contributed by atoms with Gasteiger partial charge in [0.15, 0.2) is 0 Å². The lowest BCUT2D eigenvalue weighted by Crippen LogP contribution is -2.22. The Morgan fingerprint density at radius 2 is 2.19 bits per heavy atom. The average Bonchev–Trinajstić information content (AvgIpc) is 2.26. The van der Waals surface area contributed by atoms with Crippen LogP contribution in [0.25, 0.3) is 0 Å². The van der Waals surface area contributed by atoms with Crippen molar-refractivity contribution in [3.05, 3.63) is 58.5 Å². The second kappa shape index (κ2) is 4.14. The zero-order chi connectivity index (χ0) is 11.5. The summed E-state index contributed by atoms with van der Waals surface area (Å²) in [5.74, 6) is -0.421. The van der Waals surface area contributed by atoms with Crippen molar-refractivity contribution < 1.29 is 4.39 Å². The second-order valence-electron chi connectivity index (χ2n) is 3.34. The predicted molar refractivity (Wildman–Crippen MR) is 58.4 cm³/mol. The van der Waals surface area contributed by atoms with E-state index in [1.807, 2.05) is 0 Å². The van der Waals surface area contributed by atoms with Crippen LogP contribution in [0.4, 0.5) is 10.1 Å². The first-order valence-corrected chi connectivity index (χ1v) is 4.73. The number of rotatable bonds is 2. The highest BCUT2D eigenvalue weighted by molar-refractivity contribution is 5.47. The fourth-order valence-electron chi connectivity index (χ4n) is 1.42. The molecule has 0 atom stereocenters. The van der Waals surface area contributed by atoms with E-state index < -0.39 is 11.5 Å². The van der Waals surface area contributed by atoms with Gasteiger partial charge in [0.2, 0.25) is 0 Å². The molecule has 2 aromatic rings. The van der Waals surface area contributed by atoms with Crippen LogP contribution in [0.5, 0.6) is 0 Å². The summed E-state index contributed by atoms with van der Waals surface area (Å²) in [6.07, 6.45) is 2.94. The third kappa shape index (κ3) is 1.93. The second-order valence-corrected chi connectivity index (χ2v) is 3.34. The number of hydrogen-bond donors (Lipinski definition) is 1. The first-order chi connectivity index (χ1) is 7.68. The number of halogens is 1. The molecule has 0 radical (unpaired) electrons. The van der Waals surface area contributed by atoms with E-state index in [0.717, 1.165) is 0 Å². The molecule has 0 aliphatic carbocycles. The third-order valence-electron chi connectivity index (χ3n) is 2.27. The van der Waals surface area contributed by atoms with Gasteiger partial charge in [-0.05, 0) is 18.2 Å². The molecule has 4 nitrogen and oxygen atoms in total. The number of anilines is 1. The molecule has 0 bridgehead atoms. The Morgan fingerprint density at radius 3 is 2.88 bits per heavy atom. The Hall–Kier alpha value is -2.17. The molecular formula is C11H10FN3O. The van der Waals surface area contributed by atoms with Gasteiger partial charge in [-0.2, -0.15) is 0 Å². The smallest absolute Gasteiger partial charge is 0.347 e. The third-order valence-corrected chi connectivity index (χ3v) is 2.27. The molecular weight excluding hydrogens is 209 g/mol. The van der Waals surface area contributed by atoms with Crippen LogP contribution >= 0.6 is 0 Å². The summed E-state index contributed by atoms with van der Waals surface area (Å²) in [6.45, 7) is 0.0885. The highest BCUT2D eigenvalue weighted by atomic mass is 19.1. The molecule has 0 fully saturated rings. The topological polar surface area (TPSA) is 60.9 Å². The van der Waals surface area contributed by atoms with Crippen LogP contribution in [0.2, 0.25) is 0 Å². The zero-order valence-electron chi connectivity index (χ0n) is 8.43. The van der Waals surface area contributed by atoms with Gasteiger partial charge < -0.3 is 5.73 Å². The minimum atomic E-state index is -0.426. The molecule has 16 heavy (non-hydrogen) atoms. The van der Waals surface area contributed by atoms with Crippen LogP contribution < -0.4 is 11.4 Å². The lowest BCUT2D eigenvalue weighted by molar-refractivity contribution is 0.595. The molecule has 0 amide bonds. The van der Waals surface area contributed by atoms with Crippen molar-refractivity contribution in [1.29, 1.82) is 0 Å². The van der Waals surface area contributed by atoms with Crippen molar-refractivity contribution in [2.24, 2.45) is 0 Å². The number of nitrogens with zero attached hydrogens (tertiary/aromatic N) is 2. The van der Waals surface area contributed by atoms with Gasteiger partial charge >= 0.3 is 5.69 Å². The maximum Gasteiger partial charge on any atom is 0.347 e. The number of aromatic nitrogens is 2. The van der Waals surface area contributed by atoms with Crippen LogP contribution in [-0.2, 0) is 6.54 Å². The fraction of sp³-hybridized carbons (Fsp3) is 0.0909. The van der Waals surface area contributed by atoms with Crippen molar-refractivity contribution in [2.75, 3.05) is 5.73 Å². The summed E-state index contributed by atoms with van der Waals surface area (Å²) in [7, 11) is 0. The van der Waals surface area contributed by atoms with Gasteiger partial charge in [-0.15, -0.1) is 0 Å². The van der Waals surface area contributed by atoms with E-state index in [1.165, 1.54) is 22.9 Å². The SMILES string of the molecule is Nc1cccc(F)c1Cn1cccnc1=O. The van der Waals surface area contributed by atoms with Crippen LogP contribution in [-0.4, -0.2) is 9.55 Å². The van der Waals surface area contributed by atoms with Gasteiger partial charge in [-0.1, -0.05) is 6.07 Å². The summed E-state index contributed by atoms with van der Waals surface area (Å²) in [5, 5.41) is 0. The van der Waals surface area contributed by atoms with Crippen LogP contribution in [0.3, 0.4) is 0 Å². The normalized spacial score (nSPS) is 10.3. The van der Waals surface area contributed by atoms with Crippen LogP contribution in [0, 0.1) is 5.82 Å². The average molecular weight is 219 g/mol. The molecule has 2 rings (SSSR count). The van der Waals surface area contributed by atoms with E-state index in [0.29, 0.717) is 11.3 Å². The molecule has 0 saturated heterocycles. The summed E-state index contributed by atoms with van der Waals surface area (Å²) in [4.78, 5) is 14.9.